The van der Waals surface area contributed by atoms with Crippen LogP contribution in [-0.4, -0.2) is 82.7 Å². The minimum atomic E-state index is -3.75. The van der Waals surface area contributed by atoms with E-state index in [0.29, 0.717) is 0 Å². The third-order valence-electron chi connectivity index (χ3n) is 17.6. The zero-order valence-electron chi connectivity index (χ0n) is 70.2. The molecule has 127 heavy (non-hydrogen) atoms. The maximum atomic E-state index is 14.0. The van der Waals surface area contributed by atoms with E-state index in [0.717, 1.165) is 66.8 Å². The Bertz CT molecular complexity index is 4990. The van der Waals surface area contributed by atoms with E-state index in [1.807, 2.05) is 270 Å². The van der Waals surface area contributed by atoms with Gasteiger partial charge in [-0.25, -0.2) is 9.03 Å². The first-order valence-electron chi connectivity index (χ1n) is 39.9. The molecule has 0 aliphatic carbocycles. The van der Waals surface area contributed by atoms with Crippen LogP contribution in [0.1, 0.15) is 27.7 Å². The standard InChI is InChI=1S/2C29H31NO3P3.4C10H8N2.CH2Cl2.2ClH.2Ru/c2*1-3-32-36(31,33-4-2)30-35(28-21-13-7-14-22-28,29-23-15-8-16-24-29)25-34(26-17-9-5-10-18-26)27-19-11-6-12-20-27;4*1-3-7-11-9(5-1)10-6-2-4-8-12-10;2-1-3;;;;/h2*5-25H,3-4H2,1-2H3;4*1-8H;1H2;2*1H;;/q2*-1;;;;;;;;2*+2. The summed E-state index contributed by atoms with van der Waals surface area (Å²) in [5.74, 6) is 0. The number of aromatic nitrogens is 8. The van der Waals surface area contributed by atoms with Crippen molar-refractivity contribution in [3.63, 3.8) is 0 Å². The summed E-state index contributed by atoms with van der Waals surface area (Å²) in [7, 11) is -15.9. The summed E-state index contributed by atoms with van der Waals surface area (Å²) in [6, 6.07) is 129. The number of hydrogen-bond acceptors (Lipinski definition) is 16. The molecule has 0 saturated carbocycles. The van der Waals surface area contributed by atoms with Gasteiger partial charge in [0.1, 0.15) is 36.7 Å². The summed E-state index contributed by atoms with van der Waals surface area (Å²) in [6.07, 6.45) is 14.1. The summed E-state index contributed by atoms with van der Waals surface area (Å²) in [5, 5.41) is 9.22. The Morgan fingerprint density at radius 3 is 0.528 bits per heavy atom. The van der Waals surface area contributed by atoms with E-state index in [1.165, 1.54) is 21.2 Å². The van der Waals surface area contributed by atoms with E-state index in [1.54, 1.807) is 49.6 Å². The third kappa shape index (κ3) is 34.1. The minimum absolute atomic E-state index is 0. The molecule has 0 atom stereocenters. The van der Waals surface area contributed by atoms with Crippen molar-refractivity contribution in [3.8, 4) is 45.6 Å². The fraction of sp³-hybridized carbons (Fsp3) is 0.0909. The topological polar surface area (TPSA) is 211 Å². The van der Waals surface area contributed by atoms with Crippen LogP contribution in [0.25, 0.3) is 45.6 Å². The Morgan fingerprint density at radius 2 is 0.394 bits per heavy atom. The van der Waals surface area contributed by atoms with Crippen LogP contribution in [0.5, 0.6) is 0 Å². The van der Waals surface area contributed by atoms with Gasteiger partial charge in [-0.05, 0) is 173 Å². The van der Waals surface area contributed by atoms with Gasteiger partial charge < -0.3 is 52.7 Å². The van der Waals surface area contributed by atoms with Gasteiger partial charge in [-0.3, -0.25) is 39.9 Å². The second-order valence-electron chi connectivity index (χ2n) is 25.9. The van der Waals surface area contributed by atoms with Crippen LogP contribution < -0.4 is 77.0 Å². The monoisotopic (exact) mass is 2050 g/mol. The van der Waals surface area contributed by atoms with Gasteiger partial charge in [-0.1, -0.05) is 243 Å². The molecule has 0 aliphatic heterocycles. The number of hydrogen-bond donors (Lipinski definition) is 0. The van der Waals surface area contributed by atoms with Gasteiger partial charge in [0.25, 0.3) is 0 Å². The molecular weight excluding hydrogens is 1950 g/mol. The maximum Gasteiger partial charge on any atom is 2.00 e. The molecule has 0 amide bonds. The number of halogens is 4. The van der Waals surface area contributed by atoms with Crippen LogP contribution in [0.2, 0.25) is 0 Å². The Kier molecular flexibility index (Phi) is 50.5. The van der Waals surface area contributed by atoms with Crippen LogP contribution in [0.3, 0.4) is 0 Å². The Hall–Kier alpha value is -8.95. The Balaban J connectivity index is 0.000000250. The first-order valence-corrected chi connectivity index (χ1v) is 50.7. The number of nitrogens with zero attached hydrogens (tertiary/aromatic N) is 10. The first-order chi connectivity index (χ1) is 60.5. The average molecular weight is 2050 g/mol. The van der Waals surface area contributed by atoms with Gasteiger partial charge in [0.05, 0.1) is 118 Å². The fourth-order valence-corrected chi connectivity index (χ4v) is 34.0. The van der Waals surface area contributed by atoms with Crippen molar-refractivity contribution in [3.05, 3.63) is 438 Å². The predicted octanol–water partition coefficient (Wildman–Crippen LogP) is 15.1. The molecule has 0 spiro atoms. The summed E-state index contributed by atoms with van der Waals surface area (Å²) in [4.78, 5) is 61.6. The van der Waals surface area contributed by atoms with E-state index in [4.69, 9.17) is 50.3 Å². The first kappa shape index (κ1) is 107. The quantitative estimate of drug-likeness (QED) is 0.0313. The second-order valence-corrected chi connectivity index (χ2v) is 41.9. The number of rotatable bonds is 24. The van der Waals surface area contributed by atoms with E-state index < -0.39 is 45.4 Å². The molecule has 0 radical (unpaired) electrons. The molecule has 0 saturated heterocycles. The van der Waals surface area contributed by atoms with E-state index in [9.17, 15) is 9.79 Å². The van der Waals surface area contributed by atoms with Crippen LogP contribution in [0.15, 0.2) is 447 Å². The Morgan fingerprint density at radius 1 is 0.252 bits per heavy atom. The van der Waals surface area contributed by atoms with E-state index >= 15 is 0 Å². The molecule has 8 heterocycles. The summed E-state index contributed by atoms with van der Waals surface area (Å²) >= 11 is 9.53. The summed E-state index contributed by atoms with van der Waals surface area (Å²) in [6.45, 7) is 8.27. The number of alkyl halides is 2. The van der Waals surface area contributed by atoms with Gasteiger partial charge in [0.2, 0.25) is 0 Å². The molecule has 0 unspecified atom stereocenters. The van der Waals surface area contributed by atoms with Crippen LogP contribution in [0, 0.1) is 0 Å². The van der Waals surface area contributed by atoms with Gasteiger partial charge in [-0.2, -0.15) is 0 Å². The molecular formula is C99H98Cl4N10O6P6Ru2+2. The minimum Gasteiger partial charge on any atom is -1.00 e. The summed E-state index contributed by atoms with van der Waals surface area (Å²) < 4.78 is 33.3. The van der Waals surface area contributed by atoms with Crippen molar-refractivity contribution in [2.24, 2.45) is 9.03 Å². The fourth-order valence-electron chi connectivity index (χ4n) is 12.2. The molecule has 652 valence electrons. The normalized spacial score (nSPS) is 10.5. The molecule has 8 aromatic carbocycles. The molecule has 0 fully saturated rings. The molecule has 16 aromatic rings. The molecule has 28 heteroatoms. The van der Waals surface area contributed by atoms with E-state index in [2.05, 4.69) is 197 Å². The average Bonchev–Trinajstić information content (AvgIpc) is 0.757. The maximum absolute atomic E-state index is 14.0. The van der Waals surface area contributed by atoms with Crippen LogP contribution in [0.4, 0.5) is 0 Å². The van der Waals surface area contributed by atoms with Crippen LogP contribution in [-0.2, 0) is 57.1 Å². The number of benzene rings is 8. The SMILES string of the molecule is CCOP([O-])(=NP(=C[PH+](c1ccccc1)c1ccccc1)(c1ccccc1)c1ccccc1)OCC.CCOP([O-])(=NP(=C[PH+](c1ccccc1)c1ccccc1)(c1ccccc1)c1ccccc1)OCC.ClCCl.[Cl-].[Cl-].[Ru+2].[Ru+2].c1ccc(-c2ccccn2)nc1.c1ccc(-c2ccccn2)nc1.c1ccc(-c2ccccn2)nc1.c1ccc(-c2ccccn2)nc1. The smallest absolute Gasteiger partial charge is 1.00 e. The van der Waals surface area contributed by atoms with Crippen molar-refractivity contribution in [1.29, 1.82) is 0 Å². The molecule has 0 aliphatic rings. The van der Waals surface area contributed by atoms with Gasteiger partial charge in [0.15, 0.2) is 0 Å². The third-order valence-corrected chi connectivity index (χ3v) is 37.2. The van der Waals surface area contributed by atoms with E-state index in [-0.39, 0.29) is 95.5 Å². The largest absolute Gasteiger partial charge is 2.00 e. The molecule has 8 aromatic heterocycles. The van der Waals surface area contributed by atoms with Crippen molar-refractivity contribution in [1.82, 2.24) is 39.9 Å². The van der Waals surface area contributed by atoms with Gasteiger partial charge in [-0.15, -0.1) is 23.2 Å². The van der Waals surface area contributed by atoms with Gasteiger partial charge in [0, 0.05) is 70.8 Å². The van der Waals surface area contributed by atoms with Crippen molar-refractivity contribution in [2.45, 2.75) is 27.7 Å². The van der Waals surface area contributed by atoms with Crippen LogP contribution >= 0.6 is 68.6 Å². The molecule has 16 rings (SSSR count). The predicted molar refractivity (Wildman–Crippen MR) is 523 cm³/mol. The number of pyridine rings is 8. The molecule has 16 nitrogen and oxygen atoms in total. The van der Waals surface area contributed by atoms with Crippen molar-refractivity contribution >= 4 is 122 Å². The van der Waals surface area contributed by atoms with Crippen molar-refractivity contribution < 1.29 is 91.7 Å². The zero-order valence-corrected chi connectivity index (χ0v) is 82.3. The molecule has 0 N–H and O–H groups in total. The summed E-state index contributed by atoms with van der Waals surface area (Å²) in [5.41, 5.74) is 12.1. The van der Waals surface area contributed by atoms with Crippen molar-refractivity contribution in [2.75, 3.05) is 31.8 Å². The zero-order chi connectivity index (χ0) is 86.2. The Labute approximate surface area is 798 Å². The van der Waals surface area contributed by atoms with Gasteiger partial charge >= 0.3 is 39.0 Å². The molecule has 0 bridgehead atoms. The second kappa shape index (κ2) is 60.0.